The number of carbonyl (C=O) groups is 1. The van der Waals surface area contributed by atoms with E-state index in [9.17, 15) is 9.90 Å². The standard InChI is InChI=1S/C15H14ClNO2/c1-8-6-12(18)13(9(2)14(8)16)15(19)10-4-3-5-11(17)7-10/h3-7,18H,17H2,1-2H3. The number of rotatable bonds is 2. The number of aryl methyl sites for hydroxylation is 1. The summed E-state index contributed by atoms with van der Waals surface area (Å²) in [5.41, 5.74) is 8.13. The molecule has 0 spiro atoms. The molecule has 0 aromatic heterocycles. The molecule has 0 aliphatic carbocycles. The third kappa shape index (κ3) is 2.42. The number of benzene rings is 2. The predicted molar refractivity (Wildman–Crippen MR) is 76.9 cm³/mol. The Labute approximate surface area is 116 Å². The number of aromatic hydroxyl groups is 1. The quantitative estimate of drug-likeness (QED) is 0.651. The first-order chi connectivity index (χ1) is 8.91. The first-order valence-electron chi connectivity index (χ1n) is 5.80. The Balaban J connectivity index is 2.60. The van der Waals surface area contributed by atoms with Gasteiger partial charge in [0, 0.05) is 16.3 Å². The van der Waals surface area contributed by atoms with Crippen LogP contribution >= 0.6 is 11.6 Å². The summed E-state index contributed by atoms with van der Waals surface area (Å²) in [4.78, 5) is 12.4. The summed E-state index contributed by atoms with van der Waals surface area (Å²) in [7, 11) is 0. The summed E-state index contributed by atoms with van der Waals surface area (Å²) in [5.74, 6) is -0.351. The Bertz CT molecular complexity index is 665. The minimum Gasteiger partial charge on any atom is -0.507 e. The van der Waals surface area contributed by atoms with Crippen molar-refractivity contribution in [3.05, 3.63) is 57.6 Å². The van der Waals surface area contributed by atoms with Gasteiger partial charge in [-0.15, -0.1) is 0 Å². The van der Waals surface area contributed by atoms with Crippen LogP contribution in [0.5, 0.6) is 5.75 Å². The zero-order valence-corrected chi connectivity index (χ0v) is 11.5. The fraction of sp³-hybridized carbons (Fsp3) is 0.133. The van der Waals surface area contributed by atoms with Gasteiger partial charge in [0.1, 0.15) is 5.75 Å². The number of nitrogens with two attached hydrogens (primary N) is 1. The third-order valence-corrected chi connectivity index (χ3v) is 3.62. The van der Waals surface area contributed by atoms with Crippen LogP contribution in [0, 0.1) is 13.8 Å². The predicted octanol–water partition coefficient (Wildman–Crippen LogP) is 3.48. The van der Waals surface area contributed by atoms with Crippen molar-refractivity contribution in [2.45, 2.75) is 13.8 Å². The van der Waals surface area contributed by atoms with E-state index in [1.807, 2.05) is 0 Å². The van der Waals surface area contributed by atoms with Gasteiger partial charge >= 0.3 is 0 Å². The van der Waals surface area contributed by atoms with Gasteiger partial charge in [-0.2, -0.15) is 0 Å². The zero-order chi connectivity index (χ0) is 14.2. The second kappa shape index (κ2) is 4.94. The van der Waals surface area contributed by atoms with Crippen molar-refractivity contribution in [3.63, 3.8) is 0 Å². The highest BCUT2D eigenvalue weighted by Gasteiger charge is 2.19. The summed E-state index contributed by atoms with van der Waals surface area (Å²) in [5, 5.41) is 10.5. The van der Waals surface area contributed by atoms with Gasteiger partial charge in [-0.05, 0) is 43.2 Å². The summed E-state index contributed by atoms with van der Waals surface area (Å²) in [6, 6.07) is 8.13. The Morgan fingerprint density at radius 1 is 1.26 bits per heavy atom. The van der Waals surface area contributed by atoms with Gasteiger partial charge in [-0.25, -0.2) is 0 Å². The van der Waals surface area contributed by atoms with Gasteiger partial charge in [0.2, 0.25) is 0 Å². The number of halogens is 1. The molecule has 2 aromatic rings. The Hall–Kier alpha value is -2.00. The molecule has 19 heavy (non-hydrogen) atoms. The lowest BCUT2D eigenvalue weighted by Crippen LogP contribution is -2.06. The number of anilines is 1. The topological polar surface area (TPSA) is 63.3 Å². The van der Waals surface area contributed by atoms with Crippen LogP contribution in [0.1, 0.15) is 27.0 Å². The van der Waals surface area contributed by atoms with Crippen molar-refractivity contribution in [2.24, 2.45) is 0 Å². The minimum atomic E-state index is -0.288. The van der Waals surface area contributed by atoms with Crippen LogP contribution in [0.4, 0.5) is 5.69 Å². The van der Waals surface area contributed by atoms with E-state index < -0.39 is 0 Å². The molecule has 3 nitrogen and oxygen atoms in total. The summed E-state index contributed by atoms with van der Waals surface area (Å²) in [6.45, 7) is 3.50. The van der Waals surface area contributed by atoms with Gasteiger partial charge in [0.15, 0.2) is 5.78 Å². The van der Waals surface area contributed by atoms with Crippen LogP contribution in [0.25, 0.3) is 0 Å². The van der Waals surface area contributed by atoms with E-state index in [2.05, 4.69) is 0 Å². The Morgan fingerprint density at radius 3 is 2.58 bits per heavy atom. The fourth-order valence-electron chi connectivity index (χ4n) is 2.05. The van der Waals surface area contributed by atoms with E-state index in [0.717, 1.165) is 5.56 Å². The number of carbonyl (C=O) groups excluding carboxylic acids is 1. The lowest BCUT2D eigenvalue weighted by Gasteiger charge is -2.11. The largest absolute Gasteiger partial charge is 0.507 e. The molecule has 0 fully saturated rings. The van der Waals surface area contributed by atoms with Crippen LogP contribution in [0.15, 0.2) is 30.3 Å². The van der Waals surface area contributed by atoms with E-state index in [1.165, 1.54) is 6.07 Å². The molecule has 0 bridgehead atoms. The molecule has 0 radical (unpaired) electrons. The molecule has 0 saturated carbocycles. The first kappa shape index (κ1) is 13.4. The molecule has 4 heteroatoms. The molecule has 0 atom stereocenters. The molecular weight excluding hydrogens is 262 g/mol. The van der Waals surface area contributed by atoms with Crippen molar-refractivity contribution in [2.75, 3.05) is 5.73 Å². The van der Waals surface area contributed by atoms with Crippen molar-refractivity contribution in [3.8, 4) is 5.75 Å². The molecular formula is C15H14ClNO2. The zero-order valence-electron chi connectivity index (χ0n) is 10.7. The van der Waals surface area contributed by atoms with Crippen molar-refractivity contribution >= 4 is 23.1 Å². The number of phenols is 1. The van der Waals surface area contributed by atoms with Crippen molar-refractivity contribution in [1.29, 1.82) is 0 Å². The smallest absolute Gasteiger partial charge is 0.197 e. The molecule has 98 valence electrons. The number of phenolic OH excluding ortho intramolecular Hbond substituents is 1. The molecule has 0 unspecified atom stereocenters. The Kier molecular flexibility index (Phi) is 3.49. The highest BCUT2D eigenvalue weighted by molar-refractivity contribution is 6.33. The fourth-order valence-corrected chi connectivity index (χ4v) is 2.20. The molecule has 0 amide bonds. The number of hydrogen-bond acceptors (Lipinski definition) is 3. The maximum atomic E-state index is 12.4. The van der Waals surface area contributed by atoms with Crippen molar-refractivity contribution < 1.29 is 9.90 Å². The maximum Gasteiger partial charge on any atom is 0.197 e. The van der Waals surface area contributed by atoms with Gasteiger partial charge in [-0.1, -0.05) is 23.7 Å². The van der Waals surface area contributed by atoms with Crippen LogP contribution in [-0.4, -0.2) is 10.9 Å². The summed E-state index contributed by atoms with van der Waals surface area (Å²) >= 11 is 6.13. The Morgan fingerprint density at radius 2 is 1.95 bits per heavy atom. The molecule has 0 saturated heterocycles. The third-order valence-electron chi connectivity index (χ3n) is 3.04. The average molecular weight is 276 g/mol. The van der Waals surface area contributed by atoms with E-state index in [4.69, 9.17) is 17.3 Å². The highest BCUT2D eigenvalue weighted by atomic mass is 35.5. The summed E-state index contributed by atoms with van der Waals surface area (Å²) in [6.07, 6.45) is 0. The second-order valence-electron chi connectivity index (χ2n) is 4.48. The van der Waals surface area contributed by atoms with Gasteiger partial charge < -0.3 is 10.8 Å². The monoisotopic (exact) mass is 275 g/mol. The molecule has 3 N–H and O–H groups in total. The average Bonchev–Trinajstić information content (AvgIpc) is 2.36. The molecule has 2 rings (SSSR count). The molecule has 0 heterocycles. The normalized spacial score (nSPS) is 10.5. The van der Waals surface area contributed by atoms with Crippen molar-refractivity contribution in [1.82, 2.24) is 0 Å². The van der Waals surface area contributed by atoms with E-state index in [-0.39, 0.29) is 17.1 Å². The van der Waals surface area contributed by atoms with E-state index in [1.54, 1.807) is 38.1 Å². The second-order valence-corrected chi connectivity index (χ2v) is 4.86. The van der Waals surface area contributed by atoms with Crippen LogP contribution in [0.3, 0.4) is 0 Å². The number of hydrogen-bond donors (Lipinski definition) is 2. The summed E-state index contributed by atoms with van der Waals surface area (Å²) < 4.78 is 0. The van der Waals surface area contributed by atoms with E-state index in [0.29, 0.717) is 21.8 Å². The van der Waals surface area contributed by atoms with Gasteiger partial charge in [0.25, 0.3) is 0 Å². The van der Waals surface area contributed by atoms with Crippen LogP contribution in [0.2, 0.25) is 5.02 Å². The lowest BCUT2D eigenvalue weighted by molar-refractivity contribution is 0.103. The first-order valence-corrected chi connectivity index (χ1v) is 6.18. The van der Waals surface area contributed by atoms with E-state index >= 15 is 0 Å². The molecule has 0 aliphatic rings. The number of nitrogen functional groups attached to an aromatic ring is 1. The lowest BCUT2D eigenvalue weighted by atomic mass is 9.96. The highest BCUT2D eigenvalue weighted by Crippen LogP contribution is 2.32. The van der Waals surface area contributed by atoms with Gasteiger partial charge in [0.05, 0.1) is 5.56 Å². The SMILES string of the molecule is Cc1cc(O)c(C(=O)c2cccc(N)c2)c(C)c1Cl. The van der Waals surface area contributed by atoms with Gasteiger partial charge in [-0.3, -0.25) is 4.79 Å². The van der Waals surface area contributed by atoms with Crippen LogP contribution < -0.4 is 5.73 Å². The maximum absolute atomic E-state index is 12.4. The molecule has 0 aliphatic heterocycles. The number of ketones is 1. The molecule has 2 aromatic carbocycles. The minimum absolute atomic E-state index is 0.0631. The van der Waals surface area contributed by atoms with Crippen LogP contribution in [-0.2, 0) is 0 Å².